The molecule has 1 atom stereocenters. The summed E-state index contributed by atoms with van der Waals surface area (Å²) in [7, 11) is -3.67. The molecular weight excluding hydrogens is 656 g/mol. The molecule has 3 aliphatic rings. The van der Waals surface area contributed by atoms with Gasteiger partial charge in [0.2, 0.25) is 0 Å². The Balaban J connectivity index is 1.36. The van der Waals surface area contributed by atoms with Crippen molar-refractivity contribution in [1.29, 1.82) is 0 Å². The van der Waals surface area contributed by atoms with Crippen LogP contribution in [0.1, 0.15) is 59.2 Å². The Labute approximate surface area is 283 Å². The van der Waals surface area contributed by atoms with Crippen LogP contribution >= 0.6 is 0 Å². The molecule has 0 spiro atoms. The molecule has 3 fully saturated rings. The number of likely N-dealkylation sites (tertiary alicyclic amines) is 2. The maximum Gasteiger partial charge on any atom is 0.416 e. The van der Waals surface area contributed by atoms with Crippen molar-refractivity contribution in [3.8, 4) is 11.3 Å². The fourth-order valence-electron chi connectivity index (χ4n) is 7.40. The third-order valence-electron chi connectivity index (χ3n) is 10.2. The number of amides is 1. The number of hydrogen-bond donors (Lipinski definition) is 1. The van der Waals surface area contributed by atoms with Crippen molar-refractivity contribution in [3.63, 3.8) is 0 Å². The summed E-state index contributed by atoms with van der Waals surface area (Å²) < 4.78 is 81.2. The quantitative estimate of drug-likeness (QED) is 0.206. The summed E-state index contributed by atoms with van der Waals surface area (Å²) in [5.74, 6) is -0.441. The van der Waals surface area contributed by atoms with Gasteiger partial charge in [0.1, 0.15) is 6.17 Å². The molecule has 1 amide bonds. The van der Waals surface area contributed by atoms with E-state index in [1.807, 2.05) is 30.3 Å². The molecule has 1 saturated carbocycles. The van der Waals surface area contributed by atoms with E-state index in [-0.39, 0.29) is 34.3 Å². The van der Waals surface area contributed by atoms with E-state index in [0.717, 1.165) is 43.3 Å². The van der Waals surface area contributed by atoms with Gasteiger partial charge in [0.15, 0.2) is 9.84 Å². The van der Waals surface area contributed by atoms with Crippen molar-refractivity contribution in [2.45, 2.75) is 67.5 Å². The van der Waals surface area contributed by atoms with Gasteiger partial charge in [0.05, 0.1) is 32.8 Å². The number of piperidine rings is 1. The molecule has 12 heteroatoms. The number of nitrogens with zero attached hydrogens (tertiary/aromatic N) is 3. The lowest BCUT2D eigenvalue weighted by molar-refractivity contribution is -0.137. The molecule has 7 nitrogen and oxygen atoms in total. The highest BCUT2D eigenvalue weighted by Gasteiger charge is 2.46. The molecule has 0 radical (unpaired) electrons. The number of fused-ring (bicyclic) bond motifs is 1. The van der Waals surface area contributed by atoms with Crippen LogP contribution < -0.4 is 5.32 Å². The van der Waals surface area contributed by atoms with Crippen molar-refractivity contribution < 1.29 is 30.8 Å². The zero-order valence-electron chi connectivity index (χ0n) is 27.1. The van der Waals surface area contributed by atoms with Crippen molar-refractivity contribution in [3.05, 3.63) is 95.1 Å². The van der Waals surface area contributed by atoms with Crippen LogP contribution in [-0.2, 0) is 28.1 Å². The molecule has 7 rings (SSSR count). The molecule has 1 unspecified atom stereocenters. The highest BCUT2D eigenvalue weighted by molar-refractivity contribution is 7.90. The molecule has 2 saturated heterocycles. The standard InChI is InChI=1S/C37H38F4N4O3S/c1-49(47,48)29-10-11-32-30(21-29)33(35(46)43-36(15-16-36)25-7-3-2-4-8-25)31(34(42-32)24-6-5-9-26(20-24)37(39,40)41)23-44-17-13-28(14-18-44)45-19-12-27(38)22-45/h2-11,20-21,27-28H,12-19,22-23H2,1H3,(H,43,46). The Hall–Kier alpha value is -3.87. The minimum atomic E-state index is -4.60. The molecule has 0 bridgehead atoms. The summed E-state index contributed by atoms with van der Waals surface area (Å²) in [6.07, 6.45) is -0.819. The predicted octanol–water partition coefficient (Wildman–Crippen LogP) is 6.75. The number of alkyl halides is 4. The molecule has 4 aromatic rings. The van der Waals surface area contributed by atoms with Crippen LogP contribution in [0.15, 0.2) is 77.7 Å². The van der Waals surface area contributed by atoms with Gasteiger partial charge >= 0.3 is 6.18 Å². The highest BCUT2D eigenvalue weighted by atomic mass is 32.2. The van der Waals surface area contributed by atoms with Gasteiger partial charge in [-0.1, -0.05) is 42.5 Å². The number of carbonyl (C=O) groups is 1. The third kappa shape index (κ3) is 6.95. The van der Waals surface area contributed by atoms with Crippen molar-refractivity contribution in [1.82, 2.24) is 20.1 Å². The molecule has 258 valence electrons. The average Bonchev–Trinajstić information content (AvgIpc) is 3.73. The molecule has 49 heavy (non-hydrogen) atoms. The summed E-state index contributed by atoms with van der Waals surface area (Å²) in [6, 6.07) is 19.1. The zero-order valence-corrected chi connectivity index (χ0v) is 28.0. The Morgan fingerprint density at radius 1 is 0.959 bits per heavy atom. The lowest BCUT2D eigenvalue weighted by Crippen LogP contribution is -2.44. The van der Waals surface area contributed by atoms with E-state index in [1.165, 1.54) is 24.3 Å². The van der Waals surface area contributed by atoms with E-state index in [4.69, 9.17) is 4.98 Å². The minimum absolute atomic E-state index is 0.00964. The third-order valence-corrected chi connectivity index (χ3v) is 11.3. The van der Waals surface area contributed by atoms with Crippen LogP contribution in [0.4, 0.5) is 17.6 Å². The first-order valence-corrected chi connectivity index (χ1v) is 18.5. The van der Waals surface area contributed by atoms with E-state index in [0.29, 0.717) is 55.4 Å². The number of pyridine rings is 1. The predicted molar refractivity (Wildman–Crippen MR) is 179 cm³/mol. The normalized spacial score (nSPS) is 20.5. The molecule has 3 aromatic carbocycles. The second-order valence-electron chi connectivity index (χ2n) is 13.6. The van der Waals surface area contributed by atoms with Crippen LogP contribution in [0.3, 0.4) is 0 Å². The Morgan fingerprint density at radius 2 is 1.69 bits per heavy atom. The number of nitrogens with one attached hydrogen (secondary N) is 1. The fraction of sp³-hybridized carbons (Fsp3) is 0.405. The summed E-state index contributed by atoms with van der Waals surface area (Å²) >= 11 is 0. The maximum atomic E-state index is 14.6. The monoisotopic (exact) mass is 694 g/mol. The second-order valence-corrected chi connectivity index (χ2v) is 15.6. The van der Waals surface area contributed by atoms with E-state index < -0.39 is 39.2 Å². The van der Waals surface area contributed by atoms with Gasteiger partial charge in [-0.3, -0.25) is 14.6 Å². The maximum absolute atomic E-state index is 14.6. The van der Waals surface area contributed by atoms with Gasteiger partial charge in [0, 0.05) is 48.4 Å². The van der Waals surface area contributed by atoms with Gasteiger partial charge in [-0.15, -0.1) is 0 Å². The first kappa shape index (κ1) is 33.6. The summed E-state index contributed by atoms with van der Waals surface area (Å²) in [5.41, 5.74) is 0.868. The topological polar surface area (TPSA) is 82.6 Å². The van der Waals surface area contributed by atoms with Crippen molar-refractivity contribution in [2.24, 2.45) is 0 Å². The van der Waals surface area contributed by atoms with Crippen LogP contribution in [0.25, 0.3) is 22.2 Å². The first-order valence-electron chi connectivity index (χ1n) is 16.6. The first-order chi connectivity index (χ1) is 23.3. The van der Waals surface area contributed by atoms with Gasteiger partial charge < -0.3 is 5.32 Å². The number of aromatic nitrogens is 1. The summed E-state index contributed by atoms with van der Waals surface area (Å²) in [6.45, 7) is 2.62. The molecule has 2 aliphatic heterocycles. The van der Waals surface area contributed by atoms with E-state index in [2.05, 4.69) is 15.1 Å². The lowest BCUT2D eigenvalue weighted by Gasteiger charge is -2.37. The number of rotatable bonds is 8. The van der Waals surface area contributed by atoms with Crippen LogP contribution in [0.5, 0.6) is 0 Å². The van der Waals surface area contributed by atoms with Gasteiger partial charge in [-0.05, 0) is 81.1 Å². The molecule has 1 aliphatic carbocycles. The van der Waals surface area contributed by atoms with Crippen molar-refractivity contribution in [2.75, 3.05) is 32.4 Å². The summed E-state index contributed by atoms with van der Waals surface area (Å²) in [4.78, 5) is 23.8. The lowest BCUT2D eigenvalue weighted by atomic mass is 9.93. The number of carbonyl (C=O) groups excluding carboxylic acids is 1. The molecule has 3 heterocycles. The highest BCUT2D eigenvalue weighted by Crippen LogP contribution is 2.46. The smallest absolute Gasteiger partial charge is 0.342 e. The zero-order chi connectivity index (χ0) is 34.6. The van der Waals surface area contributed by atoms with Crippen LogP contribution in [0.2, 0.25) is 0 Å². The molecule has 1 N–H and O–H groups in total. The Bertz CT molecular complexity index is 1990. The van der Waals surface area contributed by atoms with E-state index in [1.54, 1.807) is 6.07 Å². The fourth-order valence-corrected chi connectivity index (χ4v) is 8.04. The van der Waals surface area contributed by atoms with E-state index in [9.17, 15) is 30.8 Å². The Morgan fingerprint density at radius 3 is 2.33 bits per heavy atom. The minimum Gasteiger partial charge on any atom is -0.342 e. The van der Waals surface area contributed by atoms with Crippen LogP contribution in [-0.4, -0.2) is 73.8 Å². The number of hydrogen-bond acceptors (Lipinski definition) is 6. The number of benzene rings is 3. The van der Waals surface area contributed by atoms with Gasteiger partial charge in [0.25, 0.3) is 5.91 Å². The Kier molecular flexibility index (Phi) is 8.77. The number of halogens is 4. The average molecular weight is 695 g/mol. The second kappa shape index (κ2) is 12.8. The van der Waals surface area contributed by atoms with Gasteiger partial charge in [-0.25, -0.2) is 17.8 Å². The van der Waals surface area contributed by atoms with Gasteiger partial charge in [-0.2, -0.15) is 13.2 Å². The molecule has 1 aromatic heterocycles. The summed E-state index contributed by atoms with van der Waals surface area (Å²) in [5, 5.41) is 3.55. The SMILES string of the molecule is CS(=O)(=O)c1ccc2nc(-c3cccc(C(F)(F)F)c3)c(CN3CCC(N4CCC(F)C4)CC3)c(C(=O)NC3(c4ccccc4)CC3)c2c1. The van der Waals surface area contributed by atoms with E-state index >= 15 is 0 Å². The number of sulfone groups is 1. The van der Waals surface area contributed by atoms with Crippen LogP contribution in [0, 0.1) is 0 Å². The largest absolute Gasteiger partial charge is 0.416 e. The molecular formula is C37H38F4N4O3S. The van der Waals surface area contributed by atoms with Crippen molar-refractivity contribution >= 4 is 26.6 Å².